The Morgan fingerprint density at radius 1 is 1.47 bits per heavy atom. The van der Waals surface area contributed by atoms with Crippen LogP contribution in [0.15, 0.2) is 0 Å². The summed E-state index contributed by atoms with van der Waals surface area (Å²) in [5.74, 6) is -0.861. The quantitative estimate of drug-likeness (QED) is 0.639. The number of carbonyl (C=O) groups is 1. The summed E-state index contributed by atoms with van der Waals surface area (Å²) in [5.41, 5.74) is 0. The topological polar surface area (TPSA) is 54.0 Å². The maximum Gasteiger partial charge on any atom is 0.302 e. The molecule has 2 rings (SSSR count). The zero-order valence-electron chi connectivity index (χ0n) is 9.19. The smallest absolute Gasteiger partial charge is 0.302 e. The van der Waals surface area contributed by atoms with E-state index < -0.39 is 5.79 Å². The predicted octanol–water partition coefficient (Wildman–Crippen LogP) is 0.816. The molecular weight excluding hydrogens is 200 g/mol. The van der Waals surface area contributed by atoms with Crippen LogP contribution in [0.3, 0.4) is 0 Å². The lowest BCUT2D eigenvalue weighted by Gasteiger charge is -2.20. The number of ether oxygens (including phenoxy) is 4. The Morgan fingerprint density at radius 2 is 2.20 bits per heavy atom. The van der Waals surface area contributed by atoms with E-state index in [1.54, 1.807) is 0 Å². The molecule has 1 unspecified atom stereocenters. The van der Waals surface area contributed by atoms with Crippen LogP contribution >= 0.6 is 0 Å². The summed E-state index contributed by atoms with van der Waals surface area (Å²) in [6, 6.07) is 0. The lowest BCUT2D eigenvalue weighted by Crippen LogP contribution is -2.26. The first kappa shape index (κ1) is 10.9. The summed E-state index contributed by atoms with van der Waals surface area (Å²) in [5, 5.41) is 0. The van der Waals surface area contributed by atoms with Gasteiger partial charge in [-0.2, -0.15) is 0 Å². The maximum absolute atomic E-state index is 10.6. The van der Waals surface area contributed by atoms with E-state index in [0.717, 1.165) is 0 Å². The molecule has 0 saturated carbocycles. The lowest BCUT2D eigenvalue weighted by atomic mass is 10.2. The summed E-state index contributed by atoms with van der Waals surface area (Å²) in [6.07, 6.45) is 0.239. The van der Waals surface area contributed by atoms with Crippen LogP contribution in [0, 0.1) is 0 Å². The Morgan fingerprint density at radius 3 is 2.80 bits per heavy atom. The van der Waals surface area contributed by atoms with Gasteiger partial charge in [0.2, 0.25) is 0 Å². The van der Waals surface area contributed by atoms with Crippen LogP contribution in [0.4, 0.5) is 0 Å². The highest BCUT2D eigenvalue weighted by Gasteiger charge is 2.48. The molecule has 5 heteroatoms. The molecule has 3 atom stereocenters. The molecule has 2 aliphatic rings. The third kappa shape index (κ3) is 2.48. The van der Waals surface area contributed by atoms with E-state index in [2.05, 4.69) is 0 Å². The van der Waals surface area contributed by atoms with Crippen LogP contribution in [0.25, 0.3) is 0 Å². The Labute approximate surface area is 88.6 Å². The third-order valence-electron chi connectivity index (χ3n) is 2.43. The van der Waals surface area contributed by atoms with Crippen molar-refractivity contribution < 1.29 is 23.7 Å². The van der Waals surface area contributed by atoms with Crippen LogP contribution in [-0.2, 0) is 23.7 Å². The minimum absolute atomic E-state index is 0.0411. The summed E-state index contributed by atoms with van der Waals surface area (Å²) in [6.45, 7) is 5.37. The maximum atomic E-state index is 10.6. The van der Waals surface area contributed by atoms with Gasteiger partial charge in [-0.15, -0.1) is 0 Å². The van der Waals surface area contributed by atoms with Gasteiger partial charge in [0.25, 0.3) is 0 Å². The molecule has 0 aromatic carbocycles. The molecular formula is C10H16O5. The van der Waals surface area contributed by atoms with Crippen molar-refractivity contribution >= 4 is 5.97 Å². The highest BCUT2D eigenvalue weighted by molar-refractivity contribution is 5.65. The van der Waals surface area contributed by atoms with Crippen molar-refractivity contribution in [3.8, 4) is 0 Å². The summed E-state index contributed by atoms with van der Waals surface area (Å²) in [4.78, 5) is 10.6. The molecule has 2 fully saturated rings. The molecule has 2 saturated heterocycles. The van der Waals surface area contributed by atoms with E-state index in [-0.39, 0.29) is 31.1 Å². The molecule has 0 aromatic heterocycles. The van der Waals surface area contributed by atoms with Crippen LogP contribution in [0.1, 0.15) is 27.2 Å². The SMILES string of the molecule is CC(=O)OC[C@@H]1CC2OC(C)(C)O[C@@H]2O1. The Bertz CT molecular complexity index is 247. The molecule has 0 radical (unpaired) electrons. The molecule has 86 valence electrons. The van der Waals surface area contributed by atoms with Gasteiger partial charge in [0.1, 0.15) is 12.7 Å². The first-order chi connectivity index (χ1) is 6.96. The molecule has 2 aliphatic heterocycles. The molecule has 0 aliphatic carbocycles. The highest BCUT2D eigenvalue weighted by Crippen LogP contribution is 2.36. The van der Waals surface area contributed by atoms with Crippen molar-refractivity contribution in [3.63, 3.8) is 0 Å². The van der Waals surface area contributed by atoms with Crippen molar-refractivity contribution in [2.75, 3.05) is 6.61 Å². The fourth-order valence-electron chi connectivity index (χ4n) is 1.90. The molecule has 0 bridgehead atoms. The van der Waals surface area contributed by atoms with Gasteiger partial charge in [-0.05, 0) is 13.8 Å². The summed E-state index contributed by atoms with van der Waals surface area (Å²) < 4.78 is 21.6. The number of rotatable bonds is 2. The van der Waals surface area contributed by atoms with Gasteiger partial charge >= 0.3 is 5.97 Å². The molecule has 0 spiro atoms. The molecule has 5 nitrogen and oxygen atoms in total. The monoisotopic (exact) mass is 216 g/mol. The van der Waals surface area contributed by atoms with Crippen molar-refractivity contribution in [3.05, 3.63) is 0 Å². The van der Waals surface area contributed by atoms with E-state index in [1.807, 2.05) is 13.8 Å². The van der Waals surface area contributed by atoms with Gasteiger partial charge in [-0.25, -0.2) is 0 Å². The van der Waals surface area contributed by atoms with Gasteiger partial charge in [0, 0.05) is 13.3 Å². The zero-order chi connectivity index (χ0) is 11.1. The van der Waals surface area contributed by atoms with Gasteiger partial charge in [-0.3, -0.25) is 4.79 Å². The first-order valence-corrected chi connectivity index (χ1v) is 5.11. The van der Waals surface area contributed by atoms with Crippen molar-refractivity contribution in [1.82, 2.24) is 0 Å². The van der Waals surface area contributed by atoms with Crippen LogP contribution in [0.2, 0.25) is 0 Å². The van der Waals surface area contributed by atoms with E-state index in [4.69, 9.17) is 18.9 Å². The number of fused-ring (bicyclic) bond motifs is 1. The zero-order valence-corrected chi connectivity index (χ0v) is 9.19. The second kappa shape index (κ2) is 3.73. The average Bonchev–Trinajstić information content (AvgIpc) is 2.53. The minimum Gasteiger partial charge on any atom is -0.463 e. The Balaban J connectivity index is 1.81. The van der Waals surface area contributed by atoms with E-state index in [0.29, 0.717) is 6.42 Å². The van der Waals surface area contributed by atoms with Gasteiger partial charge in [0.05, 0.1) is 6.10 Å². The summed E-state index contributed by atoms with van der Waals surface area (Å²) >= 11 is 0. The van der Waals surface area contributed by atoms with Gasteiger partial charge in [0.15, 0.2) is 12.1 Å². The molecule has 2 heterocycles. The number of hydrogen-bond acceptors (Lipinski definition) is 5. The van der Waals surface area contributed by atoms with E-state index in [9.17, 15) is 4.79 Å². The second-order valence-electron chi connectivity index (χ2n) is 4.34. The average molecular weight is 216 g/mol. The fraction of sp³-hybridized carbons (Fsp3) is 0.900. The van der Waals surface area contributed by atoms with Crippen molar-refractivity contribution in [2.24, 2.45) is 0 Å². The normalized spacial score (nSPS) is 37.7. The molecule has 0 aromatic rings. The molecule has 15 heavy (non-hydrogen) atoms. The van der Waals surface area contributed by atoms with Crippen LogP contribution < -0.4 is 0 Å². The van der Waals surface area contributed by atoms with Gasteiger partial charge < -0.3 is 18.9 Å². The first-order valence-electron chi connectivity index (χ1n) is 5.11. The summed E-state index contributed by atoms with van der Waals surface area (Å²) in [7, 11) is 0. The number of hydrogen-bond donors (Lipinski definition) is 0. The van der Waals surface area contributed by atoms with Crippen molar-refractivity contribution in [2.45, 2.75) is 51.5 Å². The largest absolute Gasteiger partial charge is 0.463 e. The number of esters is 1. The predicted molar refractivity (Wildman–Crippen MR) is 49.9 cm³/mol. The third-order valence-corrected chi connectivity index (χ3v) is 2.43. The Kier molecular flexibility index (Phi) is 2.70. The van der Waals surface area contributed by atoms with Gasteiger partial charge in [-0.1, -0.05) is 0 Å². The fourth-order valence-corrected chi connectivity index (χ4v) is 1.90. The molecule has 0 N–H and O–H groups in total. The number of carbonyl (C=O) groups excluding carboxylic acids is 1. The van der Waals surface area contributed by atoms with Crippen LogP contribution in [0.5, 0.6) is 0 Å². The Hall–Kier alpha value is -0.650. The van der Waals surface area contributed by atoms with Crippen molar-refractivity contribution in [1.29, 1.82) is 0 Å². The van der Waals surface area contributed by atoms with E-state index >= 15 is 0 Å². The second-order valence-corrected chi connectivity index (χ2v) is 4.34. The van der Waals surface area contributed by atoms with Crippen LogP contribution in [-0.4, -0.2) is 36.9 Å². The minimum atomic E-state index is -0.568. The standard InChI is InChI=1S/C10H16O5/c1-6(11)12-5-7-4-8-9(13-7)15-10(2,3)14-8/h7-9H,4-5H2,1-3H3/t7-,8?,9-/m0/s1. The molecule has 0 amide bonds. The highest BCUT2D eigenvalue weighted by atomic mass is 16.8. The van der Waals surface area contributed by atoms with E-state index in [1.165, 1.54) is 6.92 Å². The lowest BCUT2D eigenvalue weighted by molar-refractivity contribution is -0.209.